The van der Waals surface area contributed by atoms with Crippen LogP contribution in [0.5, 0.6) is 0 Å². The van der Waals surface area contributed by atoms with E-state index in [4.69, 9.17) is 0 Å². The van der Waals surface area contributed by atoms with Crippen molar-refractivity contribution in [3.05, 3.63) is 0 Å². The van der Waals surface area contributed by atoms with Gasteiger partial charge in [-0.2, -0.15) is 0 Å². The summed E-state index contributed by atoms with van der Waals surface area (Å²) in [6.07, 6.45) is 4.93. The van der Waals surface area contributed by atoms with E-state index in [1.54, 1.807) is 0 Å². The Hall–Kier alpha value is -0.130. The fourth-order valence-electron chi connectivity index (χ4n) is 2.21. The maximum atomic E-state index is 11.6. The minimum absolute atomic E-state index is 0.193. The first-order valence-electron chi connectivity index (χ1n) is 6.12. The molecule has 0 heterocycles. The summed E-state index contributed by atoms with van der Waals surface area (Å²) in [4.78, 5) is 0. The molecule has 0 aromatic carbocycles. The van der Waals surface area contributed by atoms with Crippen LogP contribution in [0.3, 0.4) is 0 Å². The van der Waals surface area contributed by atoms with Gasteiger partial charge in [0.25, 0.3) is 0 Å². The second kappa shape index (κ2) is 4.27. The Morgan fingerprint density at radius 3 is 2.31 bits per heavy atom. The Kier molecular flexibility index (Phi) is 3.29. The molecular weight excluding hydrogens is 226 g/mol. The molecule has 2 aliphatic rings. The Balaban J connectivity index is 1.85. The summed E-state index contributed by atoms with van der Waals surface area (Å²) in [7, 11) is -3.15. The van der Waals surface area contributed by atoms with E-state index < -0.39 is 15.6 Å². The van der Waals surface area contributed by atoms with Crippen molar-refractivity contribution in [3.63, 3.8) is 0 Å². The number of hydrogen-bond donors (Lipinski definition) is 2. The van der Waals surface area contributed by atoms with E-state index in [0.29, 0.717) is 18.8 Å². The standard InChI is InChI=1S/C11H21NO3S/c1-9-4-6-11(13,7-5-9)8-12-16(14,15)10-2-3-10/h9-10,12-13H,2-8H2,1H3. The van der Waals surface area contributed by atoms with Gasteiger partial charge in [0.05, 0.1) is 10.9 Å². The highest BCUT2D eigenvalue weighted by atomic mass is 32.2. The quantitative estimate of drug-likeness (QED) is 0.779. The molecule has 0 aromatic heterocycles. The third-order valence-corrected chi connectivity index (χ3v) is 5.67. The van der Waals surface area contributed by atoms with Gasteiger partial charge in [-0.1, -0.05) is 6.92 Å². The molecular formula is C11H21NO3S. The lowest BCUT2D eigenvalue weighted by atomic mass is 9.80. The van der Waals surface area contributed by atoms with Crippen LogP contribution in [-0.4, -0.2) is 30.9 Å². The van der Waals surface area contributed by atoms with Crippen molar-refractivity contribution in [2.75, 3.05) is 6.54 Å². The molecule has 2 fully saturated rings. The van der Waals surface area contributed by atoms with Crippen molar-refractivity contribution in [1.82, 2.24) is 4.72 Å². The molecule has 0 amide bonds. The van der Waals surface area contributed by atoms with Gasteiger partial charge in [0.2, 0.25) is 10.0 Å². The molecule has 0 saturated heterocycles. The third-order valence-electron chi connectivity index (χ3n) is 3.77. The van der Waals surface area contributed by atoms with E-state index >= 15 is 0 Å². The summed E-state index contributed by atoms with van der Waals surface area (Å²) in [6, 6.07) is 0. The molecule has 2 aliphatic carbocycles. The van der Waals surface area contributed by atoms with Gasteiger partial charge in [0, 0.05) is 6.54 Å². The van der Waals surface area contributed by atoms with Crippen molar-refractivity contribution in [1.29, 1.82) is 0 Å². The average molecular weight is 247 g/mol. The van der Waals surface area contributed by atoms with E-state index in [-0.39, 0.29) is 11.8 Å². The molecule has 0 atom stereocenters. The highest BCUT2D eigenvalue weighted by Gasteiger charge is 2.38. The topological polar surface area (TPSA) is 66.4 Å². The lowest BCUT2D eigenvalue weighted by Crippen LogP contribution is -2.45. The van der Waals surface area contributed by atoms with Crippen LogP contribution in [0, 0.1) is 5.92 Å². The zero-order valence-electron chi connectivity index (χ0n) is 9.78. The second-order valence-electron chi connectivity index (χ2n) is 5.47. The summed E-state index contributed by atoms with van der Waals surface area (Å²) in [5.74, 6) is 0.653. The first-order chi connectivity index (χ1) is 7.41. The smallest absolute Gasteiger partial charge is 0.214 e. The predicted molar refractivity (Wildman–Crippen MR) is 62.5 cm³/mol. The number of aliphatic hydroxyl groups is 1. The van der Waals surface area contributed by atoms with Crippen LogP contribution < -0.4 is 4.72 Å². The van der Waals surface area contributed by atoms with Gasteiger partial charge in [-0.3, -0.25) is 0 Å². The van der Waals surface area contributed by atoms with Crippen LogP contribution in [0.15, 0.2) is 0 Å². The van der Waals surface area contributed by atoms with Gasteiger partial charge in [-0.15, -0.1) is 0 Å². The number of sulfonamides is 1. The number of rotatable bonds is 4. The summed E-state index contributed by atoms with van der Waals surface area (Å²) < 4.78 is 25.8. The zero-order valence-corrected chi connectivity index (χ0v) is 10.6. The number of nitrogens with one attached hydrogen (secondary N) is 1. The van der Waals surface area contributed by atoms with E-state index in [1.165, 1.54) is 0 Å². The van der Waals surface area contributed by atoms with Gasteiger partial charge < -0.3 is 5.11 Å². The molecule has 5 heteroatoms. The Morgan fingerprint density at radius 2 is 1.81 bits per heavy atom. The molecule has 2 rings (SSSR count). The van der Waals surface area contributed by atoms with Crippen LogP contribution >= 0.6 is 0 Å². The lowest BCUT2D eigenvalue weighted by Gasteiger charge is -2.34. The first kappa shape index (κ1) is 12.3. The Bertz CT molecular complexity index is 340. The highest BCUT2D eigenvalue weighted by molar-refractivity contribution is 7.90. The summed E-state index contributed by atoms with van der Waals surface area (Å²) in [5, 5.41) is 10.0. The van der Waals surface area contributed by atoms with Gasteiger partial charge in [0.15, 0.2) is 0 Å². The van der Waals surface area contributed by atoms with Crippen LogP contribution in [0.4, 0.5) is 0 Å². The van der Waals surface area contributed by atoms with Crippen LogP contribution in [0.25, 0.3) is 0 Å². The van der Waals surface area contributed by atoms with Gasteiger partial charge in [-0.25, -0.2) is 13.1 Å². The predicted octanol–water partition coefficient (Wildman–Crippen LogP) is 1.01. The molecule has 0 radical (unpaired) electrons. The monoisotopic (exact) mass is 247 g/mol. The van der Waals surface area contributed by atoms with Crippen LogP contribution in [0.1, 0.15) is 45.4 Å². The third kappa shape index (κ3) is 2.96. The van der Waals surface area contributed by atoms with Gasteiger partial charge >= 0.3 is 0 Å². The summed E-state index contributed by atoms with van der Waals surface area (Å²) >= 11 is 0. The summed E-state index contributed by atoms with van der Waals surface area (Å²) in [5.41, 5.74) is -0.811. The Morgan fingerprint density at radius 1 is 1.25 bits per heavy atom. The van der Waals surface area contributed by atoms with Crippen molar-refractivity contribution >= 4 is 10.0 Å². The van der Waals surface area contributed by atoms with Crippen molar-refractivity contribution in [3.8, 4) is 0 Å². The molecule has 0 aliphatic heterocycles. The van der Waals surface area contributed by atoms with Crippen molar-refractivity contribution in [2.24, 2.45) is 5.92 Å². The van der Waals surface area contributed by atoms with Gasteiger partial charge in [-0.05, 0) is 44.4 Å². The zero-order chi connectivity index (χ0) is 11.8. The fourth-order valence-corrected chi connectivity index (χ4v) is 3.67. The van der Waals surface area contributed by atoms with Gasteiger partial charge in [0.1, 0.15) is 0 Å². The normalized spacial score (nSPS) is 36.2. The molecule has 94 valence electrons. The molecule has 16 heavy (non-hydrogen) atoms. The molecule has 0 spiro atoms. The van der Waals surface area contributed by atoms with E-state index in [0.717, 1.165) is 25.7 Å². The van der Waals surface area contributed by atoms with Crippen molar-refractivity contribution in [2.45, 2.75) is 56.3 Å². The first-order valence-corrected chi connectivity index (χ1v) is 7.67. The van der Waals surface area contributed by atoms with E-state index in [9.17, 15) is 13.5 Å². The van der Waals surface area contributed by atoms with Crippen LogP contribution in [0.2, 0.25) is 0 Å². The highest BCUT2D eigenvalue weighted by Crippen LogP contribution is 2.32. The molecule has 2 saturated carbocycles. The minimum Gasteiger partial charge on any atom is -0.389 e. The van der Waals surface area contributed by atoms with Crippen LogP contribution in [-0.2, 0) is 10.0 Å². The maximum absolute atomic E-state index is 11.6. The average Bonchev–Trinajstić information content (AvgIpc) is 3.04. The lowest BCUT2D eigenvalue weighted by molar-refractivity contribution is -0.00183. The SMILES string of the molecule is CC1CCC(O)(CNS(=O)(=O)C2CC2)CC1. The largest absolute Gasteiger partial charge is 0.389 e. The molecule has 0 bridgehead atoms. The minimum atomic E-state index is -3.15. The molecule has 4 nitrogen and oxygen atoms in total. The van der Waals surface area contributed by atoms with Crippen molar-refractivity contribution < 1.29 is 13.5 Å². The fraction of sp³-hybridized carbons (Fsp3) is 1.00. The molecule has 0 unspecified atom stereocenters. The Labute approximate surface area is 97.5 Å². The van der Waals surface area contributed by atoms with E-state index in [1.807, 2.05) is 0 Å². The summed E-state index contributed by atoms with van der Waals surface area (Å²) in [6.45, 7) is 2.37. The number of hydrogen-bond acceptors (Lipinski definition) is 3. The second-order valence-corrected chi connectivity index (χ2v) is 7.52. The van der Waals surface area contributed by atoms with E-state index in [2.05, 4.69) is 11.6 Å². The maximum Gasteiger partial charge on any atom is 0.214 e. The molecule has 0 aromatic rings. The molecule has 2 N–H and O–H groups in total.